The summed E-state index contributed by atoms with van der Waals surface area (Å²) in [5.41, 5.74) is 0.740. The summed E-state index contributed by atoms with van der Waals surface area (Å²) in [7, 11) is 0. The van der Waals surface area contributed by atoms with E-state index in [2.05, 4.69) is 21.2 Å². The van der Waals surface area contributed by atoms with Gasteiger partial charge in [-0.3, -0.25) is 4.79 Å². The molecule has 1 aliphatic carbocycles. The lowest BCUT2D eigenvalue weighted by atomic mass is 10.2. The summed E-state index contributed by atoms with van der Waals surface area (Å²) in [6, 6.07) is 9.66. The number of alkyl halides is 1. The summed E-state index contributed by atoms with van der Waals surface area (Å²) in [6.07, 6.45) is 3.42. The van der Waals surface area contributed by atoms with Crippen LogP contribution in [0.5, 0.6) is 0 Å². The molecule has 1 aromatic carbocycles. The van der Waals surface area contributed by atoms with Gasteiger partial charge in [0, 0.05) is 16.4 Å². The van der Waals surface area contributed by atoms with E-state index in [9.17, 15) is 4.79 Å². The largest absolute Gasteiger partial charge is 0.348 e. The van der Waals surface area contributed by atoms with E-state index in [0.29, 0.717) is 4.83 Å². The highest BCUT2D eigenvalue weighted by molar-refractivity contribution is 9.09. The van der Waals surface area contributed by atoms with Gasteiger partial charge in [-0.1, -0.05) is 40.5 Å². The summed E-state index contributed by atoms with van der Waals surface area (Å²) in [5.74, 6) is 0.0342. The zero-order chi connectivity index (χ0) is 10.7. The highest BCUT2D eigenvalue weighted by atomic mass is 79.9. The highest BCUT2D eigenvalue weighted by Gasteiger charge is 2.26. The second-order valence-corrected chi connectivity index (χ2v) is 5.07. The third kappa shape index (κ3) is 2.59. The van der Waals surface area contributed by atoms with Crippen molar-refractivity contribution >= 4 is 21.8 Å². The van der Waals surface area contributed by atoms with Crippen LogP contribution in [0.1, 0.15) is 29.6 Å². The van der Waals surface area contributed by atoms with Gasteiger partial charge in [0.25, 0.3) is 5.91 Å². The molecule has 1 aliphatic rings. The minimum Gasteiger partial charge on any atom is -0.348 e. The van der Waals surface area contributed by atoms with E-state index in [0.717, 1.165) is 18.4 Å². The number of carbonyl (C=O) groups is 1. The van der Waals surface area contributed by atoms with Gasteiger partial charge in [-0.2, -0.15) is 0 Å². The van der Waals surface area contributed by atoms with E-state index in [4.69, 9.17) is 0 Å². The molecule has 80 valence electrons. The second kappa shape index (κ2) is 4.79. The van der Waals surface area contributed by atoms with Crippen LogP contribution in [0.15, 0.2) is 30.3 Å². The Morgan fingerprint density at radius 2 is 2.00 bits per heavy atom. The van der Waals surface area contributed by atoms with Crippen LogP contribution in [0.25, 0.3) is 0 Å². The van der Waals surface area contributed by atoms with Crippen molar-refractivity contribution in [2.45, 2.75) is 30.1 Å². The van der Waals surface area contributed by atoms with Gasteiger partial charge in [-0.25, -0.2) is 0 Å². The molecule has 0 radical (unpaired) electrons. The Morgan fingerprint density at radius 3 is 2.60 bits per heavy atom. The molecule has 1 amide bonds. The van der Waals surface area contributed by atoms with Crippen molar-refractivity contribution in [3.05, 3.63) is 35.9 Å². The highest BCUT2D eigenvalue weighted by Crippen LogP contribution is 2.25. The van der Waals surface area contributed by atoms with Gasteiger partial charge in [0.2, 0.25) is 0 Å². The van der Waals surface area contributed by atoms with Gasteiger partial charge in [-0.15, -0.1) is 0 Å². The molecule has 0 heterocycles. The number of halogens is 1. The van der Waals surface area contributed by atoms with Crippen LogP contribution in [0.2, 0.25) is 0 Å². The third-order valence-electron chi connectivity index (χ3n) is 2.78. The van der Waals surface area contributed by atoms with E-state index in [-0.39, 0.29) is 11.9 Å². The molecular weight excluding hydrogens is 254 g/mol. The first-order valence-electron chi connectivity index (χ1n) is 5.27. The molecule has 0 unspecified atom stereocenters. The number of benzene rings is 1. The van der Waals surface area contributed by atoms with Crippen molar-refractivity contribution in [1.82, 2.24) is 5.32 Å². The molecule has 0 saturated heterocycles. The smallest absolute Gasteiger partial charge is 0.251 e. The van der Waals surface area contributed by atoms with Gasteiger partial charge in [-0.05, 0) is 25.0 Å². The summed E-state index contributed by atoms with van der Waals surface area (Å²) in [5, 5.41) is 3.06. The number of hydrogen-bond donors (Lipinski definition) is 1. The SMILES string of the molecule is O=C(N[C@@H]1CCC[C@H]1Br)c1ccccc1. The van der Waals surface area contributed by atoms with E-state index in [1.807, 2.05) is 30.3 Å². The first-order chi connectivity index (χ1) is 7.27. The summed E-state index contributed by atoms with van der Waals surface area (Å²) in [4.78, 5) is 12.2. The quantitative estimate of drug-likeness (QED) is 0.821. The van der Waals surface area contributed by atoms with Crippen LogP contribution in [-0.2, 0) is 0 Å². The fourth-order valence-electron chi connectivity index (χ4n) is 1.92. The van der Waals surface area contributed by atoms with E-state index < -0.39 is 0 Å². The van der Waals surface area contributed by atoms with Crippen molar-refractivity contribution in [3.8, 4) is 0 Å². The summed E-state index contributed by atoms with van der Waals surface area (Å²) < 4.78 is 0. The molecule has 1 aromatic rings. The minimum absolute atomic E-state index is 0.0342. The fourth-order valence-corrected chi connectivity index (χ4v) is 2.64. The molecule has 0 aromatic heterocycles. The van der Waals surface area contributed by atoms with Gasteiger partial charge in [0.05, 0.1) is 0 Å². The fraction of sp³-hybridized carbons (Fsp3) is 0.417. The molecule has 2 atom stereocenters. The normalized spacial score (nSPS) is 25.1. The Hall–Kier alpha value is -0.830. The topological polar surface area (TPSA) is 29.1 Å². The first kappa shape index (κ1) is 10.7. The summed E-state index contributed by atoms with van der Waals surface area (Å²) >= 11 is 3.59. The monoisotopic (exact) mass is 267 g/mol. The van der Waals surface area contributed by atoms with Crippen molar-refractivity contribution in [3.63, 3.8) is 0 Å². The number of rotatable bonds is 2. The maximum atomic E-state index is 11.8. The molecule has 1 N–H and O–H groups in total. The maximum absolute atomic E-state index is 11.8. The van der Waals surface area contributed by atoms with Crippen LogP contribution in [0, 0.1) is 0 Å². The molecule has 0 spiro atoms. The van der Waals surface area contributed by atoms with Gasteiger partial charge < -0.3 is 5.32 Å². The lowest BCUT2D eigenvalue weighted by Crippen LogP contribution is -2.37. The first-order valence-corrected chi connectivity index (χ1v) is 6.19. The van der Waals surface area contributed by atoms with Crippen molar-refractivity contribution in [1.29, 1.82) is 0 Å². The number of carbonyl (C=O) groups excluding carboxylic acids is 1. The number of nitrogens with one attached hydrogen (secondary N) is 1. The Bertz CT molecular complexity index is 339. The minimum atomic E-state index is 0.0342. The maximum Gasteiger partial charge on any atom is 0.251 e. The molecule has 1 fully saturated rings. The zero-order valence-electron chi connectivity index (χ0n) is 8.45. The van der Waals surface area contributed by atoms with Crippen LogP contribution in [0.3, 0.4) is 0 Å². The predicted molar refractivity (Wildman–Crippen MR) is 64.3 cm³/mol. The molecule has 1 saturated carbocycles. The van der Waals surface area contributed by atoms with Crippen LogP contribution < -0.4 is 5.32 Å². The molecule has 0 bridgehead atoms. The van der Waals surface area contributed by atoms with Crippen molar-refractivity contribution in [2.75, 3.05) is 0 Å². The van der Waals surface area contributed by atoms with Crippen molar-refractivity contribution < 1.29 is 4.79 Å². The van der Waals surface area contributed by atoms with Crippen LogP contribution in [0.4, 0.5) is 0 Å². The van der Waals surface area contributed by atoms with Crippen molar-refractivity contribution in [2.24, 2.45) is 0 Å². The second-order valence-electron chi connectivity index (χ2n) is 3.89. The summed E-state index contributed by atoms with van der Waals surface area (Å²) in [6.45, 7) is 0. The average molecular weight is 268 g/mol. The molecule has 15 heavy (non-hydrogen) atoms. The molecular formula is C12H14BrNO. The van der Waals surface area contributed by atoms with E-state index in [1.165, 1.54) is 6.42 Å². The predicted octanol–water partition coefficient (Wildman–Crippen LogP) is 2.73. The number of hydrogen-bond acceptors (Lipinski definition) is 1. The third-order valence-corrected chi connectivity index (χ3v) is 3.88. The molecule has 2 nitrogen and oxygen atoms in total. The van der Waals surface area contributed by atoms with Gasteiger partial charge in [0.1, 0.15) is 0 Å². The number of amides is 1. The lowest BCUT2D eigenvalue weighted by molar-refractivity contribution is 0.0939. The van der Waals surface area contributed by atoms with E-state index >= 15 is 0 Å². The Morgan fingerprint density at radius 1 is 1.27 bits per heavy atom. The molecule has 3 heteroatoms. The van der Waals surface area contributed by atoms with Crippen LogP contribution in [-0.4, -0.2) is 16.8 Å². The lowest BCUT2D eigenvalue weighted by Gasteiger charge is -2.15. The molecule has 0 aliphatic heterocycles. The Balaban J connectivity index is 1.98. The van der Waals surface area contributed by atoms with Crippen LogP contribution >= 0.6 is 15.9 Å². The molecule has 2 rings (SSSR count). The van der Waals surface area contributed by atoms with Gasteiger partial charge in [0.15, 0.2) is 0 Å². The standard InChI is InChI=1S/C12H14BrNO/c13-10-7-4-8-11(10)14-12(15)9-5-2-1-3-6-9/h1-3,5-6,10-11H,4,7-8H2,(H,14,15)/t10-,11-/m1/s1. The van der Waals surface area contributed by atoms with E-state index in [1.54, 1.807) is 0 Å². The zero-order valence-corrected chi connectivity index (χ0v) is 10.0. The Kier molecular flexibility index (Phi) is 3.41. The Labute approximate surface area is 98.2 Å². The average Bonchev–Trinajstić information content (AvgIpc) is 2.66. The van der Waals surface area contributed by atoms with Gasteiger partial charge >= 0.3 is 0 Å².